The highest BCUT2D eigenvalue weighted by atomic mass is 19.1. The number of nitrogens with zero attached hydrogens (tertiary/aromatic N) is 1. The van der Waals surface area contributed by atoms with Crippen LogP contribution in [0.15, 0.2) is 24.3 Å². The lowest BCUT2D eigenvalue weighted by Crippen LogP contribution is -3.14. The van der Waals surface area contributed by atoms with E-state index in [-0.39, 0.29) is 30.2 Å². The maximum Gasteiger partial charge on any atom is 0.315 e. The third-order valence-corrected chi connectivity index (χ3v) is 4.77. The summed E-state index contributed by atoms with van der Waals surface area (Å²) in [5.74, 6) is -0.497. The van der Waals surface area contributed by atoms with Crippen molar-refractivity contribution in [2.24, 2.45) is 0 Å². The number of hydrogen-bond donors (Lipinski definition) is 3. The Morgan fingerprint density at radius 3 is 2.92 bits per heavy atom. The van der Waals surface area contributed by atoms with Gasteiger partial charge in [0.2, 0.25) is 5.91 Å². The molecule has 3 rings (SSSR count). The highest BCUT2D eigenvalue weighted by Gasteiger charge is 2.31. The van der Waals surface area contributed by atoms with Crippen LogP contribution in [-0.2, 0) is 9.53 Å². The molecule has 2 saturated heterocycles. The van der Waals surface area contributed by atoms with Crippen molar-refractivity contribution in [1.82, 2.24) is 10.6 Å². The first kappa shape index (κ1) is 18.6. The molecule has 0 radical (unpaired) electrons. The number of morpholine rings is 1. The van der Waals surface area contributed by atoms with Crippen LogP contribution < -0.4 is 20.4 Å². The summed E-state index contributed by atoms with van der Waals surface area (Å²) in [7, 11) is 0. The summed E-state index contributed by atoms with van der Waals surface area (Å²) in [5, 5.41) is 5.67. The Morgan fingerprint density at radius 1 is 1.35 bits per heavy atom. The number of halogens is 1. The third-order valence-electron chi connectivity index (χ3n) is 4.77. The van der Waals surface area contributed by atoms with Gasteiger partial charge in [-0.15, -0.1) is 0 Å². The van der Waals surface area contributed by atoms with Gasteiger partial charge in [-0.1, -0.05) is 6.07 Å². The quantitative estimate of drug-likeness (QED) is 0.597. The molecular formula is C18H26FN4O3+. The Hall–Kier alpha value is -2.19. The van der Waals surface area contributed by atoms with Crippen LogP contribution in [0.5, 0.6) is 0 Å². The molecule has 2 aliphatic rings. The zero-order chi connectivity index (χ0) is 18.4. The van der Waals surface area contributed by atoms with Gasteiger partial charge in [-0.2, -0.15) is 0 Å². The Kier molecular flexibility index (Phi) is 6.40. The van der Waals surface area contributed by atoms with Gasteiger partial charge in [0.15, 0.2) is 0 Å². The van der Waals surface area contributed by atoms with E-state index >= 15 is 0 Å². The molecule has 7 nitrogen and oxygen atoms in total. The van der Waals surface area contributed by atoms with Gasteiger partial charge in [-0.25, -0.2) is 9.18 Å². The number of urea groups is 1. The lowest BCUT2D eigenvalue weighted by Gasteiger charge is -2.23. The van der Waals surface area contributed by atoms with Crippen molar-refractivity contribution in [1.29, 1.82) is 0 Å². The van der Waals surface area contributed by atoms with Crippen molar-refractivity contribution in [2.75, 3.05) is 50.8 Å². The highest BCUT2D eigenvalue weighted by molar-refractivity contribution is 5.96. The molecule has 2 heterocycles. The fourth-order valence-electron chi connectivity index (χ4n) is 3.38. The van der Waals surface area contributed by atoms with E-state index in [9.17, 15) is 14.0 Å². The molecule has 3 amide bonds. The van der Waals surface area contributed by atoms with Gasteiger partial charge >= 0.3 is 6.03 Å². The average Bonchev–Trinajstić information content (AvgIpc) is 3.00. The van der Waals surface area contributed by atoms with E-state index in [1.165, 1.54) is 21.9 Å². The fourth-order valence-corrected chi connectivity index (χ4v) is 3.38. The number of carbonyl (C=O) groups is 2. The van der Waals surface area contributed by atoms with Gasteiger partial charge in [0, 0.05) is 31.6 Å². The van der Waals surface area contributed by atoms with Crippen molar-refractivity contribution in [3.8, 4) is 0 Å². The molecule has 0 saturated carbocycles. The maximum absolute atomic E-state index is 13.3. The zero-order valence-electron chi connectivity index (χ0n) is 14.8. The first-order valence-electron chi connectivity index (χ1n) is 9.13. The maximum atomic E-state index is 13.3. The minimum Gasteiger partial charge on any atom is -0.370 e. The number of amides is 3. The molecule has 0 unspecified atom stereocenters. The van der Waals surface area contributed by atoms with Gasteiger partial charge < -0.3 is 25.2 Å². The average molecular weight is 365 g/mol. The largest absolute Gasteiger partial charge is 0.370 e. The van der Waals surface area contributed by atoms with Gasteiger partial charge in [0.1, 0.15) is 18.9 Å². The monoisotopic (exact) mass is 365 g/mol. The summed E-state index contributed by atoms with van der Waals surface area (Å²) in [6, 6.07) is 5.40. The first-order chi connectivity index (χ1) is 12.6. The second-order valence-corrected chi connectivity index (χ2v) is 6.75. The Balaban J connectivity index is 1.37. The topological polar surface area (TPSA) is 75.1 Å². The van der Waals surface area contributed by atoms with Gasteiger partial charge in [0.25, 0.3) is 0 Å². The molecule has 2 aliphatic heterocycles. The molecule has 1 atom stereocenters. The summed E-state index contributed by atoms with van der Waals surface area (Å²) in [5.41, 5.74) is 0.521. The predicted molar refractivity (Wildman–Crippen MR) is 94.7 cm³/mol. The fraction of sp³-hybridized carbons (Fsp3) is 0.556. The van der Waals surface area contributed by atoms with E-state index in [1.54, 1.807) is 12.1 Å². The molecule has 0 aliphatic carbocycles. The van der Waals surface area contributed by atoms with Crippen molar-refractivity contribution < 1.29 is 23.6 Å². The molecule has 142 valence electrons. The predicted octanol–water partition coefficient (Wildman–Crippen LogP) is -0.465. The van der Waals surface area contributed by atoms with E-state index in [1.807, 2.05) is 0 Å². The molecule has 3 N–H and O–H groups in total. The minimum atomic E-state index is -0.383. The molecule has 8 heteroatoms. The van der Waals surface area contributed by atoms with Crippen molar-refractivity contribution in [2.45, 2.75) is 18.9 Å². The number of nitrogens with one attached hydrogen (secondary N) is 3. The van der Waals surface area contributed by atoms with Gasteiger partial charge in [-0.05, 0) is 18.2 Å². The summed E-state index contributed by atoms with van der Waals surface area (Å²) < 4.78 is 18.7. The molecule has 2 fully saturated rings. The standard InChI is InChI=1S/C18H25FN4O3/c19-14-3-1-4-16(11-14)23-13-15(12-17(23)24)21-18(25)20-5-2-6-22-7-9-26-10-8-22/h1,3-4,11,15H,2,5-10,12-13H2,(H2,20,21,25)/p+1/t15-/m0/s1. The van der Waals surface area contributed by atoms with Crippen LogP contribution in [0.25, 0.3) is 0 Å². The van der Waals surface area contributed by atoms with E-state index < -0.39 is 0 Å². The molecular weight excluding hydrogens is 339 g/mol. The van der Waals surface area contributed by atoms with Crippen LogP contribution in [0, 0.1) is 5.82 Å². The summed E-state index contributed by atoms with van der Waals surface area (Å²) in [6.45, 7) is 5.62. The number of hydrogen-bond acceptors (Lipinski definition) is 3. The molecule has 26 heavy (non-hydrogen) atoms. The van der Waals surface area contributed by atoms with Crippen LogP contribution >= 0.6 is 0 Å². The second-order valence-electron chi connectivity index (χ2n) is 6.75. The molecule has 1 aromatic rings. The molecule has 0 bridgehead atoms. The highest BCUT2D eigenvalue weighted by Crippen LogP contribution is 2.22. The Labute approximate surface area is 152 Å². The van der Waals surface area contributed by atoms with Crippen molar-refractivity contribution in [3.63, 3.8) is 0 Å². The van der Waals surface area contributed by atoms with Crippen molar-refractivity contribution in [3.05, 3.63) is 30.1 Å². The van der Waals surface area contributed by atoms with Crippen molar-refractivity contribution >= 4 is 17.6 Å². The smallest absolute Gasteiger partial charge is 0.315 e. The number of carbonyl (C=O) groups excluding carboxylic acids is 2. The second kappa shape index (κ2) is 8.95. The van der Waals surface area contributed by atoms with Crippen LogP contribution in [0.1, 0.15) is 12.8 Å². The number of benzene rings is 1. The lowest BCUT2D eigenvalue weighted by atomic mass is 10.2. The normalized spacial score (nSPS) is 21.0. The van der Waals surface area contributed by atoms with E-state index in [0.29, 0.717) is 18.8 Å². The molecule has 0 aromatic heterocycles. The number of anilines is 1. The first-order valence-corrected chi connectivity index (χ1v) is 9.13. The van der Waals surface area contributed by atoms with E-state index in [0.717, 1.165) is 39.3 Å². The van der Waals surface area contributed by atoms with Gasteiger partial charge in [0.05, 0.1) is 25.8 Å². The summed E-state index contributed by atoms with van der Waals surface area (Å²) in [4.78, 5) is 27.2. The summed E-state index contributed by atoms with van der Waals surface area (Å²) in [6.07, 6.45) is 1.13. The van der Waals surface area contributed by atoms with E-state index in [2.05, 4.69) is 10.6 Å². The van der Waals surface area contributed by atoms with Crippen LogP contribution in [0.3, 0.4) is 0 Å². The van der Waals surface area contributed by atoms with Crippen LogP contribution in [0.2, 0.25) is 0 Å². The Bertz CT molecular complexity index is 637. The summed E-state index contributed by atoms with van der Waals surface area (Å²) >= 11 is 0. The number of quaternary nitrogens is 1. The SMILES string of the molecule is O=C(NCCC[NH+]1CCOCC1)N[C@H]1CC(=O)N(c2cccc(F)c2)C1. The molecule has 0 spiro atoms. The minimum absolute atomic E-state index is 0.114. The zero-order valence-corrected chi connectivity index (χ0v) is 14.8. The van der Waals surface area contributed by atoms with Crippen LogP contribution in [0.4, 0.5) is 14.9 Å². The molecule has 1 aromatic carbocycles. The van der Waals surface area contributed by atoms with Crippen LogP contribution in [-0.4, -0.2) is 63.9 Å². The van der Waals surface area contributed by atoms with Gasteiger partial charge in [-0.3, -0.25) is 4.79 Å². The third kappa shape index (κ3) is 5.15. The lowest BCUT2D eigenvalue weighted by molar-refractivity contribution is -0.908. The number of ether oxygens (including phenoxy) is 1. The van der Waals surface area contributed by atoms with E-state index in [4.69, 9.17) is 4.74 Å². The Morgan fingerprint density at radius 2 is 2.15 bits per heavy atom. The number of rotatable bonds is 6.